The first kappa shape index (κ1) is 10.6. The molecular formula is C10H17N3O2. The molecule has 1 aliphatic rings. The molecular weight excluding hydrogens is 194 g/mol. The summed E-state index contributed by atoms with van der Waals surface area (Å²) >= 11 is 0. The molecule has 0 radical (unpaired) electrons. The number of rotatable bonds is 5. The predicted octanol–water partition coefficient (Wildman–Crippen LogP) is 0.682. The number of hydrogen-bond acceptors (Lipinski definition) is 5. The van der Waals surface area contributed by atoms with E-state index in [0.29, 0.717) is 30.8 Å². The van der Waals surface area contributed by atoms with Crippen LogP contribution in [0.1, 0.15) is 31.0 Å². The molecule has 1 aliphatic heterocycles. The van der Waals surface area contributed by atoms with E-state index < -0.39 is 0 Å². The Morgan fingerprint density at radius 3 is 3.07 bits per heavy atom. The van der Waals surface area contributed by atoms with Crippen LogP contribution in [0.15, 0.2) is 4.52 Å². The molecule has 2 rings (SSSR count). The van der Waals surface area contributed by atoms with Crippen LogP contribution in [-0.2, 0) is 17.6 Å². The van der Waals surface area contributed by atoms with Crippen LogP contribution in [0.4, 0.5) is 0 Å². The van der Waals surface area contributed by atoms with Crippen LogP contribution in [0.25, 0.3) is 0 Å². The monoisotopic (exact) mass is 211 g/mol. The van der Waals surface area contributed by atoms with Gasteiger partial charge in [0.15, 0.2) is 5.82 Å². The zero-order valence-corrected chi connectivity index (χ0v) is 8.82. The van der Waals surface area contributed by atoms with Crippen molar-refractivity contribution in [2.75, 3.05) is 13.2 Å². The van der Waals surface area contributed by atoms with Crippen molar-refractivity contribution in [1.82, 2.24) is 10.1 Å². The van der Waals surface area contributed by atoms with E-state index in [1.807, 2.05) is 0 Å². The highest BCUT2D eigenvalue weighted by molar-refractivity contribution is 4.87. The third kappa shape index (κ3) is 3.00. The van der Waals surface area contributed by atoms with Gasteiger partial charge in [-0.1, -0.05) is 5.16 Å². The first-order valence-corrected chi connectivity index (χ1v) is 5.51. The smallest absolute Gasteiger partial charge is 0.226 e. The molecule has 0 spiro atoms. The lowest BCUT2D eigenvalue weighted by atomic mass is 10.1. The summed E-state index contributed by atoms with van der Waals surface area (Å²) < 4.78 is 10.6. The first-order valence-electron chi connectivity index (χ1n) is 5.51. The summed E-state index contributed by atoms with van der Waals surface area (Å²) in [7, 11) is 0. The van der Waals surface area contributed by atoms with Crippen molar-refractivity contribution in [3.8, 4) is 0 Å². The maximum Gasteiger partial charge on any atom is 0.226 e. The highest BCUT2D eigenvalue weighted by Gasteiger charge is 2.16. The third-order valence-corrected chi connectivity index (χ3v) is 2.58. The van der Waals surface area contributed by atoms with E-state index in [1.165, 1.54) is 6.42 Å². The zero-order chi connectivity index (χ0) is 10.5. The summed E-state index contributed by atoms with van der Waals surface area (Å²) in [5.41, 5.74) is 5.40. The average molecular weight is 211 g/mol. The molecule has 84 valence electrons. The van der Waals surface area contributed by atoms with Crippen molar-refractivity contribution in [2.45, 2.75) is 38.2 Å². The Bertz CT molecular complexity index is 295. The molecule has 1 aromatic rings. The van der Waals surface area contributed by atoms with Crippen molar-refractivity contribution < 1.29 is 9.26 Å². The van der Waals surface area contributed by atoms with Crippen LogP contribution in [0.5, 0.6) is 0 Å². The Morgan fingerprint density at radius 1 is 1.40 bits per heavy atom. The van der Waals surface area contributed by atoms with Gasteiger partial charge in [0.05, 0.1) is 6.10 Å². The van der Waals surface area contributed by atoms with E-state index in [4.69, 9.17) is 15.0 Å². The van der Waals surface area contributed by atoms with Gasteiger partial charge in [-0.25, -0.2) is 0 Å². The number of nitrogens with two attached hydrogens (primary N) is 1. The zero-order valence-electron chi connectivity index (χ0n) is 8.82. The van der Waals surface area contributed by atoms with Gasteiger partial charge in [-0.2, -0.15) is 4.98 Å². The van der Waals surface area contributed by atoms with Gasteiger partial charge in [0.1, 0.15) is 0 Å². The molecule has 1 unspecified atom stereocenters. The van der Waals surface area contributed by atoms with Gasteiger partial charge in [0.25, 0.3) is 0 Å². The molecule has 0 amide bonds. The van der Waals surface area contributed by atoms with Crippen LogP contribution in [-0.4, -0.2) is 29.4 Å². The Kier molecular flexibility index (Phi) is 3.69. The summed E-state index contributed by atoms with van der Waals surface area (Å²) in [6, 6.07) is 0. The lowest BCUT2D eigenvalue weighted by Gasteiger charge is -2.05. The minimum atomic E-state index is 0.384. The molecule has 1 aromatic heterocycles. The highest BCUT2D eigenvalue weighted by atomic mass is 16.5. The van der Waals surface area contributed by atoms with Gasteiger partial charge < -0.3 is 15.0 Å². The maximum atomic E-state index is 5.52. The van der Waals surface area contributed by atoms with Gasteiger partial charge >= 0.3 is 0 Å². The maximum absolute atomic E-state index is 5.52. The Balaban J connectivity index is 1.77. The summed E-state index contributed by atoms with van der Waals surface area (Å²) in [6.45, 7) is 1.46. The summed E-state index contributed by atoms with van der Waals surface area (Å²) in [5.74, 6) is 1.41. The van der Waals surface area contributed by atoms with Crippen molar-refractivity contribution in [3.63, 3.8) is 0 Å². The minimum absolute atomic E-state index is 0.384. The second-order valence-corrected chi connectivity index (χ2v) is 3.82. The second kappa shape index (κ2) is 5.23. The number of aromatic nitrogens is 2. The van der Waals surface area contributed by atoms with Crippen molar-refractivity contribution in [1.29, 1.82) is 0 Å². The minimum Gasteiger partial charge on any atom is -0.378 e. The summed E-state index contributed by atoms with van der Waals surface area (Å²) in [5, 5.41) is 3.84. The van der Waals surface area contributed by atoms with Crippen molar-refractivity contribution >= 4 is 0 Å². The fourth-order valence-corrected chi connectivity index (χ4v) is 1.78. The molecule has 1 fully saturated rings. The lowest BCUT2D eigenvalue weighted by molar-refractivity contribution is 0.102. The van der Waals surface area contributed by atoms with Crippen LogP contribution < -0.4 is 5.73 Å². The largest absolute Gasteiger partial charge is 0.378 e. The number of ether oxygens (including phenoxy) is 1. The van der Waals surface area contributed by atoms with E-state index in [2.05, 4.69) is 10.1 Å². The summed E-state index contributed by atoms with van der Waals surface area (Å²) in [6.07, 6.45) is 5.18. The normalized spacial score (nSPS) is 21.0. The van der Waals surface area contributed by atoms with E-state index >= 15 is 0 Å². The standard InChI is InChI=1S/C10H17N3O2/c11-6-5-9-12-10(15-13-9)4-3-8-2-1-7-14-8/h8H,1-7,11H2. The fourth-order valence-electron chi connectivity index (χ4n) is 1.78. The molecule has 0 aromatic carbocycles. The third-order valence-electron chi connectivity index (χ3n) is 2.58. The average Bonchev–Trinajstić information content (AvgIpc) is 2.85. The van der Waals surface area contributed by atoms with Crippen LogP contribution in [0.3, 0.4) is 0 Å². The molecule has 0 aliphatic carbocycles. The van der Waals surface area contributed by atoms with Gasteiger partial charge in [0, 0.05) is 19.4 Å². The predicted molar refractivity (Wildman–Crippen MR) is 54.4 cm³/mol. The van der Waals surface area contributed by atoms with Crippen LogP contribution >= 0.6 is 0 Å². The Morgan fingerprint density at radius 2 is 2.33 bits per heavy atom. The lowest BCUT2D eigenvalue weighted by Crippen LogP contribution is -2.06. The highest BCUT2D eigenvalue weighted by Crippen LogP contribution is 2.17. The SMILES string of the molecule is NCCc1noc(CCC2CCCO2)n1. The summed E-state index contributed by atoms with van der Waals surface area (Å²) in [4.78, 5) is 4.25. The Labute approximate surface area is 89.0 Å². The quantitative estimate of drug-likeness (QED) is 0.775. The molecule has 1 atom stereocenters. The fraction of sp³-hybridized carbons (Fsp3) is 0.800. The van der Waals surface area contributed by atoms with Gasteiger partial charge in [0.2, 0.25) is 5.89 Å². The van der Waals surface area contributed by atoms with E-state index in [9.17, 15) is 0 Å². The molecule has 2 heterocycles. The number of aryl methyl sites for hydroxylation is 1. The molecule has 1 saturated heterocycles. The molecule has 15 heavy (non-hydrogen) atoms. The van der Waals surface area contributed by atoms with Crippen LogP contribution in [0, 0.1) is 0 Å². The molecule has 2 N–H and O–H groups in total. The first-order chi connectivity index (χ1) is 7.38. The van der Waals surface area contributed by atoms with E-state index in [-0.39, 0.29) is 0 Å². The number of nitrogens with zero attached hydrogens (tertiary/aromatic N) is 2. The van der Waals surface area contributed by atoms with Gasteiger partial charge in [-0.15, -0.1) is 0 Å². The Hall–Kier alpha value is -0.940. The topological polar surface area (TPSA) is 74.2 Å². The molecule has 5 heteroatoms. The second-order valence-electron chi connectivity index (χ2n) is 3.82. The van der Waals surface area contributed by atoms with Gasteiger partial charge in [-0.3, -0.25) is 0 Å². The van der Waals surface area contributed by atoms with Gasteiger partial charge in [-0.05, 0) is 25.8 Å². The van der Waals surface area contributed by atoms with Crippen molar-refractivity contribution in [3.05, 3.63) is 11.7 Å². The molecule has 0 saturated carbocycles. The molecule has 0 bridgehead atoms. The van der Waals surface area contributed by atoms with Crippen molar-refractivity contribution in [2.24, 2.45) is 5.73 Å². The number of hydrogen-bond donors (Lipinski definition) is 1. The van der Waals surface area contributed by atoms with Crippen LogP contribution in [0.2, 0.25) is 0 Å². The van der Waals surface area contributed by atoms with E-state index in [1.54, 1.807) is 0 Å². The molecule has 5 nitrogen and oxygen atoms in total. The van der Waals surface area contributed by atoms with E-state index in [0.717, 1.165) is 25.9 Å².